The van der Waals surface area contributed by atoms with Gasteiger partial charge in [-0.15, -0.1) is 11.8 Å². The fourth-order valence-electron chi connectivity index (χ4n) is 1.73. The van der Waals surface area contributed by atoms with Crippen molar-refractivity contribution in [2.45, 2.75) is 5.25 Å². The van der Waals surface area contributed by atoms with Crippen LogP contribution in [0.25, 0.3) is 0 Å². The van der Waals surface area contributed by atoms with Crippen LogP contribution >= 0.6 is 11.8 Å². The van der Waals surface area contributed by atoms with Gasteiger partial charge in [0.15, 0.2) is 5.84 Å². The van der Waals surface area contributed by atoms with Crippen LogP contribution in [0.2, 0.25) is 0 Å². The summed E-state index contributed by atoms with van der Waals surface area (Å²) in [5.41, 5.74) is 0.711. The Hall–Kier alpha value is -1.95. The predicted molar refractivity (Wildman–Crippen MR) is 72.3 cm³/mol. The van der Waals surface area contributed by atoms with Crippen molar-refractivity contribution in [2.75, 3.05) is 6.61 Å². The Labute approximate surface area is 113 Å². The third-order valence-electron chi connectivity index (χ3n) is 2.63. The molecule has 2 aliphatic rings. The number of ether oxygens (including phenoxy) is 1. The first kappa shape index (κ1) is 12.1. The van der Waals surface area contributed by atoms with Crippen LogP contribution in [-0.4, -0.2) is 29.3 Å². The Kier molecular flexibility index (Phi) is 3.16. The van der Waals surface area contributed by atoms with Crippen LogP contribution in [0.4, 0.5) is 4.39 Å². The fourth-order valence-corrected chi connectivity index (χ4v) is 2.54. The highest BCUT2D eigenvalue weighted by molar-refractivity contribution is 8.04. The van der Waals surface area contributed by atoms with E-state index in [0.29, 0.717) is 17.3 Å². The largest absolute Gasteiger partial charge is 0.486 e. The number of rotatable bonds is 3. The summed E-state index contributed by atoms with van der Waals surface area (Å²) in [6, 6.07) is 5.65. The maximum atomic E-state index is 12.7. The summed E-state index contributed by atoms with van der Waals surface area (Å²) in [6.07, 6.45) is 1.81. The van der Waals surface area contributed by atoms with Crippen molar-refractivity contribution in [3.8, 4) is 5.75 Å². The van der Waals surface area contributed by atoms with E-state index < -0.39 is 0 Å². The Morgan fingerprint density at radius 2 is 2.05 bits per heavy atom. The zero-order valence-electron chi connectivity index (χ0n) is 9.75. The number of carbonyl (C=O) groups excluding carboxylic acids is 1. The number of hydrogen-bond donors (Lipinski definition) is 0. The fraction of sp³-hybridized carbons (Fsp3) is 0.154. The van der Waals surface area contributed by atoms with Gasteiger partial charge >= 0.3 is 0 Å². The molecule has 2 aliphatic heterocycles. The van der Waals surface area contributed by atoms with Gasteiger partial charge < -0.3 is 4.74 Å². The number of halogens is 1. The van der Waals surface area contributed by atoms with Crippen molar-refractivity contribution >= 4 is 29.2 Å². The van der Waals surface area contributed by atoms with E-state index in [2.05, 4.69) is 9.98 Å². The molecule has 0 aromatic heterocycles. The van der Waals surface area contributed by atoms with Crippen molar-refractivity contribution in [1.29, 1.82) is 0 Å². The lowest BCUT2D eigenvalue weighted by atomic mass is 10.2. The monoisotopic (exact) mass is 276 g/mol. The lowest BCUT2D eigenvalue weighted by molar-refractivity contribution is -0.116. The number of aliphatic imine (C=N–C) groups is 2. The van der Waals surface area contributed by atoms with Gasteiger partial charge in [0.2, 0.25) is 0 Å². The molecule has 0 bridgehead atoms. The van der Waals surface area contributed by atoms with Gasteiger partial charge in [0, 0.05) is 0 Å². The van der Waals surface area contributed by atoms with Gasteiger partial charge in [0.05, 0.1) is 5.71 Å². The van der Waals surface area contributed by atoms with E-state index in [-0.39, 0.29) is 23.6 Å². The average molecular weight is 276 g/mol. The third-order valence-corrected chi connectivity index (χ3v) is 3.63. The highest BCUT2D eigenvalue weighted by atomic mass is 32.2. The van der Waals surface area contributed by atoms with Crippen LogP contribution in [0.1, 0.15) is 0 Å². The second-order valence-electron chi connectivity index (χ2n) is 3.96. The van der Waals surface area contributed by atoms with Gasteiger partial charge in [0.25, 0.3) is 5.91 Å². The van der Waals surface area contributed by atoms with Crippen LogP contribution in [0.5, 0.6) is 5.75 Å². The van der Waals surface area contributed by atoms with Crippen molar-refractivity contribution in [1.82, 2.24) is 0 Å². The van der Waals surface area contributed by atoms with E-state index in [1.54, 1.807) is 6.08 Å². The standard InChI is InChI=1S/C13H9FN2O2S/c14-8-1-3-9(4-2-8)18-7-11-15-10-5-6-19-12(10)13(17)16-11/h1-6,12H,7H2. The van der Waals surface area contributed by atoms with Crippen LogP contribution < -0.4 is 4.74 Å². The molecule has 0 fully saturated rings. The van der Waals surface area contributed by atoms with E-state index in [1.807, 2.05) is 5.41 Å². The second kappa shape index (κ2) is 4.97. The smallest absolute Gasteiger partial charge is 0.267 e. The molecule has 1 aromatic carbocycles. The van der Waals surface area contributed by atoms with Gasteiger partial charge in [0.1, 0.15) is 23.4 Å². The number of allylic oxidation sites excluding steroid dienone is 1. The minimum atomic E-state index is -0.325. The maximum Gasteiger partial charge on any atom is 0.267 e. The number of hydrogen-bond acceptors (Lipinski definition) is 4. The lowest BCUT2D eigenvalue weighted by Crippen LogP contribution is -2.29. The molecule has 19 heavy (non-hydrogen) atoms. The number of fused-ring (bicyclic) bond motifs is 1. The molecule has 1 aromatic rings. The normalized spacial score (nSPS) is 20.9. The average Bonchev–Trinajstić information content (AvgIpc) is 2.87. The number of nitrogens with zero attached hydrogens (tertiary/aromatic N) is 2. The van der Waals surface area contributed by atoms with Crippen LogP contribution in [0.3, 0.4) is 0 Å². The quantitative estimate of drug-likeness (QED) is 0.850. The summed E-state index contributed by atoms with van der Waals surface area (Å²) in [4.78, 5) is 19.9. The maximum absolute atomic E-state index is 12.7. The summed E-state index contributed by atoms with van der Waals surface area (Å²) >= 11 is 1.40. The van der Waals surface area contributed by atoms with Crippen molar-refractivity contribution in [3.05, 3.63) is 41.6 Å². The minimum absolute atomic E-state index is 0.0894. The molecule has 6 heteroatoms. The van der Waals surface area contributed by atoms with Gasteiger partial charge in [-0.05, 0) is 35.7 Å². The molecule has 0 spiro atoms. The zero-order chi connectivity index (χ0) is 13.2. The van der Waals surface area contributed by atoms with Crippen LogP contribution in [0.15, 0.2) is 45.7 Å². The predicted octanol–water partition coefficient (Wildman–Crippen LogP) is 2.21. The first-order chi connectivity index (χ1) is 9.22. The Morgan fingerprint density at radius 1 is 1.26 bits per heavy atom. The first-order valence-electron chi connectivity index (χ1n) is 5.63. The van der Waals surface area contributed by atoms with Crippen LogP contribution in [-0.2, 0) is 4.79 Å². The Balaban J connectivity index is 1.69. The topological polar surface area (TPSA) is 51.0 Å². The summed E-state index contributed by atoms with van der Waals surface area (Å²) in [6.45, 7) is 0.0894. The number of amidine groups is 1. The number of benzene rings is 1. The zero-order valence-corrected chi connectivity index (χ0v) is 10.6. The molecule has 1 atom stereocenters. The summed E-state index contributed by atoms with van der Waals surface area (Å²) in [5, 5.41) is 1.54. The molecular formula is C13H9FN2O2S. The molecule has 0 radical (unpaired) electrons. The van der Waals surface area contributed by atoms with Gasteiger partial charge in [-0.25, -0.2) is 9.38 Å². The summed E-state index contributed by atoms with van der Waals surface area (Å²) in [7, 11) is 0. The molecule has 1 amide bonds. The molecule has 0 N–H and O–H groups in total. The van der Waals surface area contributed by atoms with Crippen molar-refractivity contribution in [2.24, 2.45) is 9.98 Å². The highest BCUT2D eigenvalue weighted by Gasteiger charge is 2.30. The molecule has 4 nitrogen and oxygen atoms in total. The lowest BCUT2D eigenvalue weighted by Gasteiger charge is -2.13. The van der Waals surface area contributed by atoms with E-state index in [9.17, 15) is 9.18 Å². The second-order valence-corrected chi connectivity index (χ2v) is 4.98. The molecular weight excluding hydrogens is 267 g/mol. The van der Waals surface area contributed by atoms with Gasteiger partial charge in [-0.1, -0.05) is 0 Å². The van der Waals surface area contributed by atoms with E-state index in [4.69, 9.17) is 4.74 Å². The Bertz CT molecular complexity index is 608. The van der Waals surface area contributed by atoms with Crippen molar-refractivity contribution in [3.63, 3.8) is 0 Å². The molecule has 3 rings (SSSR count). The van der Waals surface area contributed by atoms with E-state index in [0.717, 1.165) is 0 Å². The number of amides is 1. The van der Waals surface area contributed by atoms with Crippen molar-refractivity contribution < 1.29 is 13.9 Å². The molecule has 1 unspecified atom stereocenters. The number of carbonyl (C=O) groups is 1. The minimum Gasteiger partial charge on any atom is -0.486 e. The summed E-state index contributed by atoms with van der Waals surface area (Å²) in [5.74, 6) is 0.314. The van der Waals surface area contributed by atoms with E-state index in [1.165, 1.54) is 36.0 Å². The van der Waals surface area contributed by atoms with Gasteiger partial charge in [-0.3, -0.25) is 4.79 Å². The third kappa shape index (κ3) is 2.58. The van der Waals surface area contributed by atoms with Crippen LogP contribution in [0, 0.1) is 5.82 Å². The van der Waals surface area contributed by atoms with Gasteiger partial charge in [-0.2, -0.15) is 4.99 Å². The highest BCUT2D eigenvalue weighted by Crippen LogP contribution is 2.26. The molecule has 2 heterocycles. The Morgan fingerprint density at radius 3 is 2.84 bits per heavy atom. The summed E-state index contributed by atoms with van der Waals surface area (Å²) < 4.78 is 18.1. The molecule has 0 saturated carbocycles. The number of thioether (sulfide) groups is 1. The molecule has 0 saturated heterocycles. The first-order valence-corrected chi connectivity index (χ1v) is 6.57. The van der Waals surface area contributed by atoms with E-state index >= 15 is 0 Å². The molecule has 0 aliphatic carbocycles. The SMILES string of the molecule is O=C1N=C(COc2ccc(F)cc2)N=C2C=CSC12. The molecule has 96 valence electrons.